The molecule has 1 aromatic rings. The first-order valence-electron chi connectivity index (χ1n) is 5.75. The minimum atomic E-state index is -0.847. The quantitative estimate of drug-likeness (QED) is 0.851. The fourth-order valence-electron chi connectivity index (χ4n) is 1.57. The lowest BCUT2D eigenvalue weighted by Crippen LogP contribution is -2.23. The fraction of sp³-hybridized carbons (Fsp3) is 0.462. The van der Waals surface area contributed by atoms with Crippen LogP contribution in [0.5, 0.6) is 0 Å². The van der Waals surface area contributed by atoms with Crippen molar-refractivity contribution in [3.8, 4) is 0 Å². The first-order valence-corrected chi connectivity index (χ1v) is 5.75. The zero-order valence-corrected chi connectivity index (χ0v) is 10.5. The van der Waals surface area contributed by atoms with Crippen LogP contribution in [-0.4, -0.2) is 29.6 Å². The predicted molar refractivity (Wildman–Crippen MR) is 64.1 cm³/mol. The minimum absolute atomic E-state index is 0.260. The molecule has 18 heavy (non-hydrogen) atoms. The molecule has 5 heteroatoms. The molecule has 0 aliphatic rings. The molecule has 3 nitrogen and oxygen atoms in total. The molecule has 100 valence electrons. The van der Waals surface area contributed by atoms with Crippen molar-refractivity contribution in [3.05, 3.63) is 35.4 Å². The topological polar surface area (TPSA) is 40.5 Å². The summed E-state index contributed by atoms with van der Waals surface area (Å²) >= 11 is 0. The van der Waals surface area contributed by atoms with Gasteiger partial charge >= 0.3 is 5.97 Å². The summed E-state index contributed by atoms with van der Waals surface area (Å²) in [6, 6.07) is 3.33. The van der Waals surface area contributed by atoms with Crippen LogP contribution in [0.25, 0.3) is 0 Å². The zero-order chi connectivity index (χ0) is 13.7. The van der Waals surface area contributed by atoms with Crippen molar-refractivity contribution >= 4 is 5.97 Å². The van der Waals surface area contributed by atoms with Gasteiger partial charge in [-0.15, -0.1) is 0 Å². The van der Waals surface area contributed by atoms with E-state index in [2.05, 4.69) is 0 Å². The number of carboxylic acid groups (broad SMARTS) is 1. The second-order valence-electron chi connectivity index (χ2n) is 4.50. The number of rotatable bonds is 6. The molecule has 0 aliphatic heterocycles. The van der Waals surface area contributed by atoms with E-state index < -0.39 is 23.5 Å². The Bertz CT molecular complexity index is 423. The van der Waals surface area contributed by atoms with Crippen LogP contribution in [0.2, 0.25) is 0 Å². The van der Waals surface area contributed by atoms with Gasteiger partial charge in [0, 0.05) is 12.1 Å². The third-order valence-corrected chi connectivity index (χ3v) is 2.81. The molecule has 1 N–H and O–H groups in total. The smallest absolute Gasteiger partial charge is 0.306 e. The molecule has 0 aliphatic carbocycles. The van der Waals surface area contributed by atoms with E-state index in [-0.39, 0.29) is 12.1 Å². The molecule has 0 saturated carbocycles. The van der Waals surface area contributed by atoms with Crippen molar-refractivity contribution < 1.29 is 18.7 Å². The summed E-state index contributed by atoms with van der Waals surface area (Å²) in [6.07, 6.45) is 0.475. The average Bonchev–Trinajstić information content (AvgIpc) is 2.30. The summed E-state index contributed by atoms with van der Waals surface area (Å²) in [5.74, 6) is -2.21. The lowest BCUT2D eigenvalue weighted by Gasteiger charge is -2.18. The summed E-state index contributed by atoms with van der Waals surface area (Å²) < 4.78 is 26.3. The van der Waals surface area contributed by atoms with Crippen molar-refractivity contribution in [1.82, 2.24) is 4.90 Å². The number of halogens is 2. The molecular formula is C13H17F2NO2. The summed E-state index contributed by atoms with van der Waals surface area (Å²) in [5.41, 5.74) is 0.278. The number of carbonyl (C=O) groups is 1. The van der Waals surface area contributed by atoms with Gasteiger partial charge in [0.1, 0.15) is 11.6 Å². The highest BCUT2D eigenvalue weighted by molar-refractivity contribution is 5.69. The minimum Gasteiger partial charge on any atom is -0.481 e. The Morgan fingerprint density at radius 2 is 2.11 bits per heavy atom. The van der Waals surface area contributed by atoms with E-state index in [4.69, 9.17) is 5.11 Å². The fourth-order valence-corrected chi connectivity index (χ4v) is 1.57. The third kappa shape index (κ3) is 4.41. The van der Waals surface area contributed by atoms with Crippen LogP contribution in [0.3, 0.4) is 0 Å². The first kappa shape index (κ1) is 14.6. The molecule has 0 spiro atoms. The Morgan fingerprint density at radius 3 is 2.72 bits per heavy atom. The van der Waals surface area contributed by atoms with E-state index >= 15 is 0 Å². The molecule has 1 atom stereocenters. The van der Waals surface area contributed by atoms with E-state index in [1.807, 2.05) is 0 Å². The summed E-state index contributed by atoms with van der Waals surface area (Å²) in [4.78, 5) is 12.4. The number of nitrogens with zero attached hydrogens (tertiary/aromatic N) is 1. The highest BCUT2D eigenvalue weighted by Gasteiger charge is 2.13. The Hall–Kier alpha value is -1.49. The van der Waals surface area contributed by atoms with Gasteiger partial charge in [0.25, 0.3) is 0 Å². The van der Waals surface area contributed by atoms with Gasteiger partial charge in [-0.25, -0.2) is 8.78 Å². The van der Waals surface area contributed by atoms with E-state index in [1.165, 1.54) is 0 Å². The van der Waals surface area contributed by atoms with Crippen molar-refractivity contribution in [3.63, 3.8) is 0 Å². The molecule has 1 rings (SSSR count). The monoisotopic (exact) mass is 257 g/mol. The van der Waals surface area contributed by atoms with Crippen molar-refractivity contribution in [2.45, 2.75) is 19.9 Å². The highest BCUT2D eigenvalue weighted by Crippen LogP contribution is 2.12. The molecule has 0 radical (unpaired) electrons. The maximum absolute atomic E-state index is 13.4. The van der Waals surface area contributed by atoms with Crippen LogP contribution >= 0.6 is 0 Å². The lowest BCUT2D eigenvalue weighted by molar-refractivity contribution is -0.141. The van der Waals surface area contributed by atoms with Gasteiger partial charge in [-0.05, 0) is 38.2 Å². The van der Waals surface area contributed by atoms with Crippen LogP contribution in [-0.2, 0) is 11.3 Å². The Kier molecular flexibility index (Phi) is 5.22. The van der Waals surface area contributed by atoms with Gasteiger partial charge in [-0.2, -0.15) is 0 Å². The zero-order valence-electron chi connectivity index (χ0n) is 10.5. The van der Waals surface area contributed by atoms with Crippen LogP contribution in [0.15, 0.2) is 18.2 Å². The van der Waals surface area contributed by atoms with Gasteiger partial charge in [-0.1, -0.05) is 6.92 Å². The standard InChI is InChI=1S/C13H17F2NO2/c1-9(13(17)18)5-6-16(2)8-10-7-11(14)3-4-12(10)15/h3-4,7,9H,5-6,8H2,1-2H3,(H,17,18). The number of benzene rings is 1. The van der Waals surface area contributed by atoms with Crippen molar-refractivity contribution in [1.29, 1.82) is 0 Å². The molecule has 0 aromatic heterocycles. The molecule has 0 bridgehead atoms. The van der Waals surface area contributed by atoms with Crippen molar-refractivity contribution in [2.24, 2.45) is 5.92 Å². The van der Waals surface area contributed by atoms with Gasteiger partial charge in [0.2, 0.25) is 0 Å². The van der Waals surface area contributed by atoms with Crippen LogP contribution < -0.4 is 0 Å². The van der Waals surface area contributed by atoms with Gasteiger partial charge in [-0.3, -0.25) is 4.79 Å². The average molecular weight is 257 g/mol. The van der Waals surface area contributed by atoms with Gasteiger partial charge in [0.15, 0.2) is 0 Å². The molecule has 0 amide bonds. The van der Waals surface area contributed by atoms with Crippen molar-refractivity contribution in [2.75, 3.05) is 13.6 Å². The number of hydrogen-bond acceptors (Lipinski definition) is 2. The summed E-state index contributed by atoms with van der Waals surface area (Å²) in [5, 5.41) is 8.74. The predicted octanol–water partition coefficient (Wildman–Crippen LogP) is 2.51. The Balaban J connectivity index is 2.51. The highest BCUT2D eigenvalue weighted by atomic mass is 19.1. The van der Waals surface area contributed by atoms with E-state index in [1.54, 1.807) is 18.9 Å². The lowest BCUT2D eigenvalue weighted by atomic mass is 10.1. The van der Waals surface area contributed by atoms with Gasteiger partial charge in [0.05, 0.1) is 5.92 Å². The molecule has 0 saturated heterocycles. The number of aliphatic carboxylic acids is 1. The normalized spacial score (nSPS) is 12.7. The SMILES string of the molecule is CC(CCN(C)Cc1cc(F)ccc1F)C(=O)O. The van der Waals surface area contributed by atoms with E-state index in [9.17, 15) is 13.6 Å². The van der Waals surface area contributed by atoms with Crippen LogP contribution in [0, 0.1) is 17.6 Å². The largest absolute Gasteiger partial charge is 0.481 e. The van der Waals surface area contributed by atoms with Crippen LogP contribution in [0.1, 0.15) is 18.9 Å². The van der Waals surface area contributed by atoms with Crippen LogP contribution in [0.4, 0.5) is 8.78 Å². The number of carboxylic acids is 1. The summed E-state index contributed by atoms with van der Waals surface area (Å²) in [7, 11) is 1.75. The summed E-state index contributed by atoms with van der Waals surface area (Å²) in [6.45, 7) is 2.40. The Morgan fingerprint density at radius 1 is 1.44 bits per heavy atom. The third-order valence-electron chi connectivity index (χ3n) is 2.81. The van der Waals surface area contributed by atoms with E-state index in [0.717, 1.165) is 18.2 Å². The maximum atomic E-state index is 13.4. The Labute approximate surface area is 105 Å². The van der Waals surface area contributed by atoms with E-state index in [0.29, 0.717) is 13.0 Å². The molecule has 0 heterocycles. The number of hydrogen-bond donors (Lipinski definition) is 1. The first-order chi connectivity index (χ1) is 8.40. The second kappa shape index (κ2) is 6.44. The molecule has 0 fully saturated rings. The van der Waals surface area contributed by atoms with Gasteiger partial charge < -0.3 is 10.0 Å². The maximum Gasteiger partial charge on any atom is 0.306 e. The molecule has 1 unspecified atom stereocenters. The second-order valence-corrected chi connectivity index (χ2v) is 4.50. The molecular weight excluding hydrogens is 240 g/mol. The molecule has 1 aromatic carbocycles.